The normalized spacial score (nSPS) is 25.1. The first-order valence-corrected chi connectivity index (χ1v) is 7.99. The molecule has 1 aliphatic heterocycles. The van der Waals surface area contributed by atoms with Crippen LogP contribution >= 0.6 is 0 Å². The van der Waals surface area contributed by atoms with Crippen molar-refractivity contribution in [2.45, 2.75) is 65.3 Å². The van der Waals surface area contributed by atoms with Crippen LogP contribution in [0.1, 0.15) is 34.6 Å². The zero-order valence-corrected chi connectivity index (χ0v) is 15.6. The maximum Gasteiger partial charge on any atom is 0.305 e. The van der Waals surface area contributed by atoms with E-state index in [0.717, 1.165) is 34.6 Å². The second kappa shape index (κ2) is 9.86. The summed E-state index contributed by atoms with van der Waals surface area (Å²) < 4.78 is 30.7. The molecule has 0 spiro atoms. The highest BCUT2D eigenvalue weighted by Gasteiger charge is 2.55. The van der Waals surface area contributed by atoms with Gasteiger partial charge in [0.05, 0.1) is 0 Å². The molecule has 11 heteroatoms. The quantitative estimate of drug-likeness (QED) is 0.415. The first-order valence-electron chi connectivity index (χ1n) is 7.99. The molecule has 0 radical (unpaired) electrons. The molecule has 152 valence electrons. The lowest BCUT2D eigenvalue weighted by molar-refractivity contribution is -0.203. The van der Waals surface area contributed by atoms with Crippen LogP contribution in [0.2, 0.25) is 0 Å². The Morgan fingerprint density at radius 3 is 1.70 bits per heavy atom. The summed E-state index contributed by atoms with van der Waals surface area (Å²) in [5.41, 5.74) is 0. The third-order valence-electron chi connectivity index (χ3n) is 3.23. The molecule has 0 bridgehead atoms. The number of hydrogen-bond donors (Lipinski definition) is 0. The molecule has 0 amide bonds. The fourth-order valence-electron chi connectivity index (χ4n) is 2.46. The number of hydrogen-bond acceptors (Lipinski definition) is 11. The molecule has 0 aliphatic carbocycles. The molecule has 0 saturated carbocycles. The van der Waals surface area contributed by atoms with Crippen LogP contribution in [-0.4, -0.2) is 67.2 Å². The molecule has 0 aromatic carbocycles. The summed E-state index contributed by atoms with van der Waals surface area (Å²) in [4.78, 5) is 56.7. The lowest BCUT2D eigenvalue weighted by Crippen LogP contribution is -2.46. The Labute approximate surface area is 155 Å². The Morgan fingerprint density at radius 2 is 1.26 bits per heavy atom. The molecule has 1 rings (SSSR count). The number of ether oxygens (including phenoxy) is 6. The van der Waals surface area contributed by atoms with E-state index in [9.17, 15) is 24.0 Å². The van der Waals surface area contributed by atoms with Crippen molar-refractivity contribution in [1.29, 1.82) is 0 Å². The smallest absolute Gasteiger partial charge is 0.305 e. The monoisotopic (exact) mass is 390 g/mol. The third-order valence-corrected chi connectivity index (χ3v) is 3.23. The first kappa shape index (κ1) is 22.4. The fourth-order valence-corrected chi connectivity index (χ4v) is 2.46. The van der Waals surface area contributed by atoms with Gasteiger partial charge in [-0.25, -0.2) is 0 Å². The highest BCUT2D eigenvalue weighted by atomic mass is 16.8. The third kappa shape index (κ3) is 7.21. The average Bonchev–Trinajstić information content (AvgIpc) is 2.79. The van der Waals surface area contributed by atoms with Gasteiger partial charge in [-0.1, -0.05) is 0 Å². The maximum absolute atomic E-state index is 11.5. The SMILES string of the molecule is CC(=O)OC[C@@H](OC(C)=O)C1OC(OC(C)=O)C(OC(C)=O)C1OC(C)=O. The number of rotatable bonds is 7. The van der Waals surface area contributed by atoms with Gasteiger partial charge in [-0.05, 0) is 0 Å². The average molecular weight is 390 g/mol. The molecular weight excluding hydrogens is 368 g/mol. The number of carbonyl (C=O) groups is 5. The topological polar surface area (TPSA) is 141 Å². The molecule has 0 N–H and O–H groups in total. The molecular formula is C16H22O11. The molecule has 1 heterocycles. The van der Waals surface area contributed by atoms with Gasteiger partial charge >= 0.3 is 29.8 Å². The standard InChI is InChI=1S/C16H22O11/c1-7(17)22-6-12(23-8(2)18)13-14(24-9(3)19)15(25-10(4)20)16(27-13)26-11(5)21/h12-16H,6H2,1-5H3/t12-,13?,14?,15?,16?/m1/s1. The van der Waals surface area contributed by atoms with Gasteiger partial charge in [0.25, 0.3) is 0 Å². The molecule has 1 aliphatic rings. The molecule has 27 heavy (non-hydrogen) atoms. The summed E-state index contributed by atoms with van der Waals surface area (Å²) in [5.74, 6) is -3.62. The van der Waals surface area contributed by atoms with E-state index in [1.807, 2.05) is 0 Å². The van der Waals surface area contributed by atoms with Crippen LogP contribution in [0.4, 0.5) is 0 Å². The molecule has 0 aromatic rings. The second-order valence-electron chi connectivity index (χ2n) is 5.68. The van der Waals surface area contributed by atoms with Crippen LogP contribution in [0.5, 0.6) is 0 Å². The Bertz CT molecular complexity index is 599. The first-order chi connectivity index (χ1) is 12.5. The van der Waals surface area contributed by atoms with E-state index >= 15 is 0 Å². The van der Waals surface area contributed by atoms with E-state index in [0.29, 0.717) is 0 Å². The van der Waals surface area contributed by atoms with Crippen LogP contribution in [0.15, 0.2) is 0 Å². The molecule has 11 nitrogen and oxygen atoms in total. The summed E-state index contributed by atoms with van der Waals surface area (Å²) >= 11 is 0. The van der Waals surface area contributed by atoms with Gasteiger partial charge in [0.15, 0.2) is 12.2 Å². The largest absolute Gasteiger partial charge is 0.462 e. The number of esters is 5. The van der Waals surface area contributed by atoms with Crippen molar-refractivity contribution in [1.82, 2.24) is 0 Å². The Hall–Kier alpha value is -2.69. The minimum Gasteiger partial charge on any atom is -0.462 e. The van der Waals surface area contributed by atoms with Gasteiger partial charge in [-0.3, -0.25) is 24.0 Å². The van der Waals surface area contributed by atoms with E-state index in [1.54, 1.807) is 0 Å². The number of carbonyl (C=O) groups excluding carboxylic acids is 5. The summed E-state index contributed by atoms with van der Waals surface area (Å²) in [7, 11) is 0. The van der Waals surface area contributed by atoms with Crippen LogP contribution in [0, 0.1) is 0 Å². The van der Waals surface area contributed by atoms with Gasteiger partial charge in [-0.2, -0.15) is 0 Å². The Balaban J connectivity index is 3.20. The molecule has 1 saturated heterocycles. The second-order valence-corrected chi connectivity index (χ2v) is 5.68. The van der Waals surface area contributed by atoms with E-state index < -0.39 is 67.2 Å². The predicted octanol–water partition coefficient (Wildman–Crippen LogP) is -0.367. The predicted molar refractivity (Wildman–Crippen MR) is 83.7 cm³/mol. The van der Waals surface area contributed by atoms with Crippen molar-refractivity contribution in [2.75, 3.05) is 6.61 Å². The van der Waals surface area contributed by atoms with Gasteiger partial charge in [-0.15, -0.1) is 0 Å². The van der Waals surface area contributed by atoms with Crippen molar-refractivity contribution < 1.29 is 52.4 Å². The van der Waals surface area contributed by atoms with Crippen LogP contribution in [0.3, 0.4) is 0 Å². The van der Waals surface area contributed by atoms with Gasteiger partial charge in [0.1, 0.15) is 12.7 Å². The van der Waals surface area contributed by atoms with Crippen molar-refractivity contribution in [3.05, 3.63) is 0 Å². The maximum atomic E-state index is 11.5. The van der Waals surface area contributed by atoms with Crippen molar-refractivity contribution in [3.63, 3.8) is 0 Å². The molecule has 0 aromatic heterocycles. The van der Waals surface area contributed by atoms with Crippen LogP contribution < -0.4 is 0 Å². The lowest BCUT2D eigenvalue weighted by atomic mass is 10.1. The van der Waals surface area contributed by atoms with Crippen molar-refractivity contribution in [2.24, 2.45) is 0 Å². The van der Waals surface area contributed by atoms with Gasteiger partial charge < -0.3 is 28.4 Å². The Morgan fingerprint density at radius 1 is 0.741 bits per heavy atom. The van der Waals surface area contributed by atoms with E-state index in [1.165, 1.54) is 0 Å². The van der Waals surface area contributed by atoms with E-state index in [-0.39, 0.29) is 0 Å². The molecule has 5 atom stereocenters. The van der Waals surface area contributed by atoms with Crippen molar-refractivity contribution in [3.8, 4) is 0 Å². The summed E-state index contributed by atoms with van der Waals surface area (Å²) in [6, 6.07) is 0. The van der Waals surface area contributed by atoms with E-state index in [4.69, 9.17) is 28.4 Å². The molecule has 1 fully saturated rings. The fraction of sp³-hybridized carbons (Fsp3) is 0.688. The summed E-state index contributed by atoms with van der Waals surface area (Å²) in [5, 5.41) is 0. The molecule has 4 unspecified atom stereocenters. The highest BCUT2D eigenvalue weighted by molar-refractivity contribution is 5.69. The zero-order valence-electron chi connectivity index (χ0n) is 15.6. The van der Waals surface area contributed by atoms with Gasteiger partial charge in [0.2, 0.25) is 12.4 Å². The van der Waals surface area contributed by atoms with Crippen LogP contribution in [0.25, 0.3) is 0 Å². The summed E-state index contributed by atoms with van der Waals surface area (Å²) in [6.45, 7) is 5.15. The van der Waals surface area contributed by atoms with Gasteiger partial charge in [0, 0.05) is 34.6 Å². The minimum atomic E-state index is -1.42. The van der Waals surface area contributed by atoms with E-state index in [2.05, 4.69) is 0 Å². The lowest BCUT2D eigenvalue weighted by Gasteiger charge is -2.27. The van der Waals surface area contributed by atoms with Crippen molar-refractivity contribution >= 4 is 29.8 Å². The van der Waals surface area contributed by atoms with Crippen LogP contribution in [-0.2, 0) is 52.4 Å². The summed E-state index contributed by atoms with van der Waals surface area (Å²) in [6.07, 6.45) is -6.46. The minimum absolute atomic E-state index is 0.420. The zero-order chi connectivity index (χ0) is 20.7. The Kier molecular flexibility index (Phi) is 8.16. The highest BCUT2D eigenvalue weighted by Crippen LogP contribution is 2.31.